The fourth-order valence-corrected chi connectivity index (χ4v) is 2.78. The highest BCUT2D eigenvalue weighted by molar-refractivity contribution is 7.99. The standard InChI is InChI=1S/C15H18N4O3S/c1-9(2)7-19-13(16)12(14(21)18-15(19)22)10(20)8-23-11-5-3-4-6-17-11/h3-6,9H,7-8,16H2,1-2H3,(H,18,21,22). The Hall–Kier alpha value is -2.35. The van der Waals surface area contributed by atoms with E-state index in [0.29, 0.717) is 11.6 Å². The van der Waals surface area contributed by atoms with E-state index in [0.717, 1.165) is 0 Å². The Bertz CT molecular complexity index is 812. The molecule has 0 saturated heterocycles. The van der Waals surface area contributed by atoms with Crippen LogP contribution >= 0.6 is 11.8 Å². The number of Topliss-reactive ketones (excluding diaryl/α,β-unsaturated/α-hetero) is 1. The van der Waals surface area contributed by atoms with Gasteiger partial charge in [-0.3, -0.25) is 19.1 Å². The van der Waals surface area contributed by atoms with Crippen molar-refractivity contribution in [2.45, 2.75) is 25.4 Å². The van der Waals surface area contributed by atoms with Crippen molar-refractivity contribution >= 4 is 23.4 Å². The lowest BCUT2D eigenvalue weighted by molar-refractivity contribution is 0.102. The third kappa shape index (κ3) is 4.10. The molecule has 0 aromatic carbocycles. The number of rotatable bonds is 6. The molecule has 2 aromatic rings. The van der Waals surface area contributed by atoms with Gasteiger partial charge in [0.2, 0.25) is 0 Å². The lowest BCUT2D eigenvalue weighted by Crippen LogP contribution is -2.37. The maximum absolute atomic E-state index is 12.3. The molecule has 3 N–H and O–H groups in total. The summed E-state index contributed by atoms with van der Waals surface area (Å²) < 4.78 is 1.23. The molecule has 0 spiro atoms. The van der Waals surface area contributed by atoms with Crippen molar-refractivity contribution in [2.24, 2.45) is 5.92 Å². The van der Waals surface area contributed by atoms with Crippen LogP contribution in [-0.4, -0.2) is 26.1 Å². The highest BCUT2D eigenvalue weighted by atomic mass is 32.2. The smallest absolute Gasteiger partial charge is 0.329 e. The van der Waals surface area contributed by atoms with Gasteiger partial charge in [-0.25, -0.2) is 9.78 Å². The zero-order valence-corrected chi connectivity index (χ0v) is 13.7. The van der Waals surface area contributed by atoms with Crippen molar-refractivity contribution in [1.82, 2.24) is 14.5 Å². The van der Waals surface area contributed by atoms with Gasteiger partial charge in [-0.15, -0.1) is 0 Å². The first-order chi connectivity index (χ1) is 10.9. The molecule has 0 radical (unpaired) electrons. The number of nitrogens with two attached hydrogens (primary N) is 1. The summed E-state index contributed by atoms with van der Waals surface area (Å²) in [5, 5.41) is 0.673. The predicted octanol–water partition coefficient (Wildman–Crippen LogP) is 1.14. The van der Waals surface area contributed by atoms with E-state index >= 15 is 0 Å². The Morgan fingerprint density at radius 3 is 2.74 bits per heavy atom. The number of ketones is 1. The monoisotopic (exact) mass is 334 g/mol. The number of aromatic amines is 1. The van der Waals surface area contributed by atoms with Crippen LogP contribution < -0.4 is 17.0 Å². The number of nitrogen functional groups attached to an aromatic ring is 1. The predicted molar refractivity (Wildman–Crippen MR) is 89.9 cm³/mol. The van der Waals surface area contributed by atoms with E-state index in [1.807, 2.05) is 19.9 Å². The summed E-state index contributed by atoms with van der Waals surface area (Å²) in [5.41, 5.74) is 4.38. The molecule has 0 saturated carbocycles. The zero-order valence-electron chi connectivity index (χ0n) is 12.9. The van der Waals surface area contributed by atoms with Crippen molar-refractivity contribution in [2.75, 3.05) is 11.5 Å². The van der Waals surface area contributed by atoms with Crippen molar-refractivity contribution in [3.63, 3.8) is 0 Å². The normalized spacial score (nSPS) is 10.9. The Balaban J connectivity index is 2.29. The minimum Gasteiger partial charge on any atom is -0.384 e. The van der Waals surface area contributed by atoms with E-state index in [1.165, 1.54) is 16.3 Å². The molecule has 0 unspecified atom stereocenters. The van der Waals surface area contributed by atoms with Gasteiger partial charge in [0.25, 0.3) is 5.56 Å². The molecule has 0 atom stereocenters. The molecule has 0 fully saturated rings. The molecular weight excluding hydrogens is 316 g/mol. The molecule has 0 aliphatic carbocycles. The second kappa shape index (κ2) is 7.28. The molecule has 0 aliphatic rings. The molecule has 2 heterocycles. The number of thioether (sulfide) groups is 1. The van der Waals surface area contributed by atoms with Crippen LogP contribution in [0.5, 0.6) is 0 Å². The molecule has 0 amide bonds. The van der Waals surface area contributed by atoms with Gasteiger partial charge in [-0.2, -0.15) is 0 Å². The number of nitrogens with one attached hydrogen (secondary N) is 1. The summed E-state index contributed by atoms with van der Waals surface area (Å²) in [5.74, 6) is -0.354. The molecule has 122 valence electrons. The number of carbonyl (C=O) groups excluding carboxylic acids is 1. The Labute approximate surface area is 136 Å². The van der Waals surface area contributed by atoms with E-state index < -0.39 is 17.0 Å². The summed E-state index contributed by atoms with van der Waals surface area (Å²) in [6, 6.07) is 5.35. The number of carbonyl (C=O) groups is 1. The first kappa shape index (κ1) is 17.0. The Kier molecular flexibility index (Phi) is 5.38. The number of hydrogen-bond donors (Lipinski definition) is 2. The second-order valence-corrected chi connectivity index (χ2v) is 6.40. The third-order valence-corrected chi connectivity index (χ3v) is 4.00. The van der Waals surface area contributed by atoms with Gasteiger partial charge < -0.3 is 5.73 Å². The molecule has 2 rings (SSSR count). The van der Waals surface area contributed by atoms with Crippen molar-refractivity contribution < 1.29 is 4.79 Å². The van der Waals surface area contributed by atoms with Crippen LogP contribution in [0.15, 0.2) is 39.0 Å². The minimum absolute atomic E-state index is 0.0180. The van der Waals surface area contributed by atoms with Crippen LogP contribution in [0.3, 0.4) is 0 Å². The largest absolute Gasteiger partial charge is 0.384 e. The highest BCUT2D eigenvalue weighted by Crippen LogP contribution is 2.17. The number of pyridine rings is 1. The lowest BCUT2D eigenvalue weighted by atomic mass is 10.2. The van der Waals surface area contributed by atoms with Crippen LogP contribution in [0.2, 0.25) is 0 Å². The maximum Gasteiger partial charge on any atom is 0.329 e. The molecule has 8 heteroatoms. The fourth-order valence-electron chi connectivity index (χ4n) is 2.05. The third-order valence-electron chi connectivity index (χ3n) is 3.06. The minimum atomic E-state index is -0.751. The number of hydrogen-bond acceptors (Lipinski definition) is 6. The van der Waals surface area contributed by atoms with E-state index in [9.17, 15) is 14.4 Å². The zero-order chi connectivity index (χ0) is 17.0. The average molecular weight is 334 g/mol. The van der Waals surface area contributed by atoms with E-state index in [-0.39, 0.29) is 23.1 Å². The molecule has 2 aromatic heterocycles. The van der Waals surface area contributed by atoms with Gasteiger partial charge in [0.05, 0.1) is 10.8 Å². The van der Waals surface area contributed by atoms with E-state index in [2.05, 4.69) is 9.97 Å². The first-order valence-corrected chi connectivity index (χ1v) is 8.08. The van der Waals surface area contributed by atoms with Gasteiger partial charge in [-0.05, 0) is 18.1 Å². The second-order valence-electron chi connectivity index (χ2n) is 5.40. The number of H-pyrrole nitrogens is 1. The van der Waals surface area contributed by atoms with Crippen molar-refractivity contribution in [1.29, 1.82) is 0 Å². The molecule has 0 bridgehead atoms. The van der Waals surface area contributed by atoms with Gasteiger partial charge in [-0.1, -0.05) is 31.7 Å². The fraction of sp³-hybridized carbons (Fsp3) is 0.333. The number of anilines is 1. The summed E-state index contributed by atoms with van der Waals surface area (Å²) in [6.45, 7) is 4.15. The van der Waals surface area contributed by atoms with E-state index in [4.69, 9.17) is 5.73 Å². The Morgan fingerprint density at radius 1 is 1.39 bits per heavy atom. The molecule has 7 nitrogen and oxygen atoms in total. The molecule has 23 heavy (non-hydrogen) atoms. The first-order valence-electron chi connectivity index (χ1n) is 7.09. The molecular formula is C15H18N4O3S. The van der Waals surface area contributed by atoms with E-state index in [1.54, 1.807) is 18.3 Å². The highest BCUT2D eigenvalue weighted by Gasteiger charge is 2.19. The SMILES string of the molecule is CC(C)Cn1c(N)c(C(=O)CSc2ccccn2)c(=O)[nH]c1=O. The van der Waals surface area contributed by atoms with Crippen molar-refractivity contribution in [3.8, 4) is 0 Å². The van der Waals surface area contributed by atoms with Crippen LogP contribution in [0, 0.1) is 5.92 Å². The van der Waals surface area contributed by atoms with Crippen LogP contribution in [0.25, 0.3) is 0 Å². The van der Waals surface area contributed by atoms with Gasteiger partial charge in [0.1, 0.15) is 11.4 Å². The van der Waals surface area contributed by atoms with Crippen LogP contribution in [-0.2, 0) is 6.54 Å². The van der Waals surface area contributed by atoms with Crippen molar-refractivity contribution in [3.05, 3.63) is 50.8 Å². The number of nitrogens with zero attached hydrogens (tertiary/aromatic N) is 2. The van der Waals surface area contributed by atoms with Gasteiger partial charge in [0.15, 0.2) is 5.78 Å². The van der Waals surface area contributed by atoms with Crippen LogP contribution in [0.4, 0.5) is 5.82 Å². The Morgan fingerprint density at radius 2 is 2.13 bits per heavy atom. The quantitative estimate of drug-likeness (QED) is 0.605. The lowest BCUT2D eigenvalue weighted by Gasteiger charge is -2.13. The molecule has 0 aliphatic heterocycles. The van der Waals surface area contributed by atoms with Gasteiger partial charge >= 0.3 is 5.69 Å². The maximum atomic E-state index is 12.3. The summed E-state index contributed by atoms with van der Waals surface area (Å²) in [7, 11) is 0. The number of aromatic nitrogens is 3. The van der Waals surface area contributed by atoms with Crippen LogP contribution in [0.1, 0.15) is 24.2 Å². The summed E-state index contributed by atoms with van der Waals surface area (Å²) in [4.78, 5) is 42.4. The topological polar surface area (TPSA) is 111 Å². The summed E-state index contributed by atoms with van der Waals surface area (Å²) in [6.07, 6.45) is 1.62. The average Bonchev–Trinajstić information content (AvgIpc) is 2.50. The van der Waals surface area contributed by atoms with Gasteiger partial charge in [0, 0.05) is 12.7 Å². The summed E-state index contributed by atoms with van der Waals surface area (Å²) >= 11 is 1.21.